The van der Waals surface area contributed by atoms with Crippen LogP contribution < -0.4 is 0 Å². The number of carboxylic acid groups (broad SMARTS) is 1. The third kappa shape index (κ3) is 6.77. The van der Waals surface area contributed by atoms with E-state index < -0.39 is 5.97 Å². The van der Waals surface area contributed by atoms with E-state index in [1.807, 2.05) is 30.3 Å². The van der Waals surface area contributed by atoms with Crippen LogP contribution in [-0.2, 0) is 11.3 Å². The van der Waals surface area contributed by atoms with E-state index in [1.165, 1.54) is 6.07 Å². The number of halogens is 2. The number of rotatable bonds is 4. The quantitative estimate of drug-likeness (QED) is 0.565. The van der Waals surface area contributed by atoms with E-state index in [-0.39, 0.29) is 23.2 Å². The Morgan fingerprint density at radius 2 is 1.52 bits per heavy atom. The summed E-state index contributed by atoms with van der Waals surface area (Å²) in [6, 6.07) is 22.6. The lowest BCUT2D eigenvalue weighted by atomic mass is 10.2. The molecule has 4 nitrogen and oxygen atoms in total. The number of carbonyl (C=O) groups excluding carboxylic acids is 1. The van der Waals surface area contributed by atoms with E-state index in [0.29, 0.717) is 10.6 Å². The molecule has 3 rings (SSSR count). The highest BCUT2D eigenvalue weighted by atomic mass is 35.5. The molecular formula is C21H16Cl2O4. The van der Waals surface area contributed by atoms with E-state index in [2.05, 4.69) is 0 Å². The number of carbonyl (C=O) groups is 2. The molecule has 0 fully saturated rings. The molecule has 138 valence electrons. The summed E-state index contributed by atoms with van der Waals surface area (Å²) in [5.74, 6) is -1.36. The molecule has 0 unspecified atom stereocenters. The minimum atomic E-state index is -0.995. The molecule has 1 N–H and O–H groups in total. The number of hydrogen-bond donors (Lipinski definition) is 1. The number of ether oxygens (including phenoxy) is 1. The molecule has 0 heterocycles. The van der Waals surface area contributed by atoms with Gasteiger partial charge in [0.05, 0.1) is 16.1 Å². The van der Waals surface area contributed by atoms with Crippen LogP contribution in [0.15, 0.2) is 78.9 Å². The van der Waals surface area contributed by atoms with Gasteiger partial charge in [0.1, 0.15) is 6.61 Å². The van der Waals surface area contributed by atoms with Crippen molar-refractivity contribution in [3.05, 3.63) is 106 Å². The summed E-state index contributed by atoms with van der Waals surface area (Å²) >= 11 is 11.3. The van der Waals surface area contributed by atoms with E-state index in [4.69, 9.17) is 33.0 Å². The number of hydrogen-bond acceptors (Lipinski definition) is 3. The molecule has 0 aliphatic rings. The van der Waals surface area contributed by atoms with Crippen LogP contribution in [0, 0.1) is 0 Å². The van der Waals surface area contributed by atoms with Crippen LogP contribution in [0.25, 0.3) is 0 Å². The van der Waals surface area contributed by atoms with Gasteiger partial charge in [-0.1, -0.05) is 71.7 Å². The Kier molecular flexibility index (Phi) is 7.86. The highest BCUT2D eigenvalue weighted by Crippen LogP contribution is 2.14. The van der Waals surface area contributed by atoms with Gasteiger partial charge in [-0.2, -0.15) is 0 Å². The number of carboxylic acids is 1. The fourth-order valence-electron chi connectivity index (χ4n) is 2.06. The average molecular weight is 403 g/mol. The Labute approximate surface area is 166 Å². The Morgan fingerprint density at radius 3 is 2.11 bits per heavy atom. The van der Waals surface area contributed by atoms with Crippen molar-refractivity contribution in [3.8, 4) is 0 Å². The third-order valence-corrected chi connectivity index (χ3v) is 3.94. The van der Waals surface area contributed by atoms with Gasteiger partial charge in [-0.25, -0.2) is 9.59 Å². The summed E-state index contributed by atoms with van der Waals surface area (Å²) in [6.45, 7) is 0.270. The Morgan fingerprint density at radius 1 is 0.852 bits per heavy atom. The summed E-state index contributed by atoms with van der Waals surface area (Å²) in [5, 5.41) is 9.28. The second-order valence-corrected chi connectivity index (χ2v) is 6.20. The zero-order valence-corrected chi connectivity index (χ0v) is 15.7. The molecule has 0 radical (unpaired) electrons. The van der Waals surface area contributed by atoms with Gasteiger partial charge in [0, 0.05) is 5.02 Å². The van der Waals surface area contributed by atoms with Crippen molar-refractivity contribution < 1.29 is 19.4 Å². The molecule has 0 aliphatic heterocycles. The van der Waals surface area contributed by atoms with Crippen LogP contribution in [-0.4, -0.2) is 17.0 Å². The fraction of sp³-hybridized carbons (Fsp3) is 0.0476. The second-order valence-electron chi connectivity index (χ2n) is 5.36. The molecule has 27 heavy (non-hydrogen) atoms. The Balaban J connectivity index is 0.000000223. The zero-order valence-electron chi connectivity index (χ0n) is 14.1. The first-order valence-corrected chi connectivity index (χ1v) is 8.67. The summed E-state index contributed by atoms with van der Waals surface area (Å²) in [6.07, 6.45) is 0. The van der Waals surface area contributed by atoms with Gasteiger partial charge in [-0.15, -0.1) is 0 Å². The van der Waals surface area contributed by atoms with Crippen LogP contribution in [0.5, 0.6) is 0 Å². The summed E-state index contributed by atoms with van der Waals surface area (Å²) in [5.41, 5.74) is 1.57. The Bertz CT molecular complexity index is 911. The monoisotopic (exact) mass is 402 g/mol. The second kappa shape index (κ2) is 10.4. The molecule has 6 heteroatoms. The van der Waals surface area contributed by atoms with Crippen molar-refractivity contribution >= 4 is 35.1 Å². The van der Waals surface area contributed by atoms with Crippen molar-refractivity contribution in [3.63, 3.8) is 0 Å². The maximum atomic E-state index is 11.7. The molecule has 0 amide bonds. The van der Waals surface area contributed by atoms with Crippen LogP contribution >= 0.6 is 23.2 Å². The van der Waals surface area contributed by atoms with E-state index in [9.17, 15) is 9.59 Å². The van der Waals surface area contributed by atoms with E-state index >= 15 is 0 Å². The molecular weight excluding hydrogens is 387 g/mol. The Hall–Kier alpha value is -2.82. The van der Waals surface area contributed by atoms with Gasteiger partial charge >= 0.3 is 11.9 Å². The predicted octanol–water partition coefficient (Wildman–Crippen LogP) is 5.74. The number of esters is 1. The van der Waals surface area contributed by atoms with Gasteiger partial charge in [-0.05, 0) is 35.9 Å². The minimum absolute atomic E-state index is 0.143. The maximum absolute atomic E-state index is 11.7. The SMILES string of the molecule is O=C(O)c1ccccc1Cl.O=C(OCc1ccccc1)c1cccc(Cl)c1. The fourth-order valence-corrected chi connectivity index (χ4v) is 2.46. The molecule has 0 aromatic heterocycles. The summed E-state index contributed by atoms with van der Waals surface area (Å²) in [7, 11) is 0. The first-order chi connectivity index (χ1) is 13.0. The van der Waals surface area contributed by atoms with E-state index in [0.717, 1.165) is 5.56 Å². The molecule has 0 saturated carbocycles. The lowest BCUT2D eigenvalue weighted by molar-refractivity contribution is 0.0472. The normalized spacial score (nSPS) is 9.70. The summed E-state index contributed by atoms with van der Waals surface area (Å²) in [4.78, 5) is 22.0. The van der Waals surface area contributed by atoms with Crippen LogP contribution in [0.1, 0.15) is 26.3 Å². The van der Waals surface area contributed by atoms with Gasteiger partial charge in [-0.3, -0.25) is 0 Å². The molecule has 3 aromatic carbocycles. The zero-order chi connectivity index (χ0) is 19.6. The largest absolute Gasteiger partial charge is 0.478 e. The van der Waals surface area contributed by atoms with Crippen molar-refractivity contribution in [2.24, 2.45) is 0 Å². The highest BCUT2D eigenvalue weighted by Gasteiger charge is 2.07. The van der Waals surface area contributed by atoms with Gasteiger partial charge in [0.15, 0.2) is 0 Å². The molecule has 0 spiro atoms. The lowest BCUT2D eigenvalue weighted by Crippen LogP contribution is -2.04. The first-order valence-electron chi connectivity index (χ1n) is 7.92. The molecule has 3 aromatic rings. The highest BCUT2D eigenvalue weighted by molar-refractivity contribution is 6.33. The van der Waals surface area contributed by atoms with Crippen molar-refractivity contribution in [1.82, 2.24) is 0 Å². The van der Waals surface area contributed by atoms with Gasteiger partial charge in [0.2, 0.25) is 0 Å². The lowest BCUT2D eigenvalue weighted by Gasteiger charge is -2.04. The molecule has 0 saturated heterocycles. The van der Waals surface area contributed by atoms with Gasteiger partial charge < -0.3 is 9.84 Å². The topological polar surface area (TPSA) is 63.6 Å². The van der Waals surface area contributed by atoms with Gasteiger partial charge in [0.25, 0.3) is 0 Å². The average Bonchev–Trinajstić information content (AvgIpc) is 2.67. The molecule has 0 bridgehead atoms. The number of benzene rings is 3. The smallest absolute Gasteiger partial charge is 0.338 e. The molecule has 0 aliphatic carbocycles. The van der Waals surface area contributed by atoms with Crippen molar-refractivity contribution in [2.45, 2.75) is 6.61 Å². The summed E-state index contributed by atoms with van der Waals surface area (Å²) < 4.78 is 5.17. The van der Waals surface area contributed by atoms with Crippen molar-refractivity contribution in [2.75, 3.05) is 0 Å². The first kappa shape index (κ1) is 20.5. The van der Waals surface area contributed by atoms with Crippen LogP contribution in [0.3, 0.4) is 0 Å². The van der Waals surface area contributed by atoms with Crippen LogP contribution in [0.2, 0.25) is 10.0 Å². The van der Waals surface area contributed by atoms with Crippen molar-refractivity contribution in [1.29, 1.82) is 0 Å². The third-order valence-electron chi connectivity index (χ3n) is 3.38. The minimum Gasteiger partial charge on any atom is -0.478 e. The molecule has 0 atom stereocenters. The number of aromatic carboxylic acids is 1. The standard InChI is InChI=1S/C14H11ClO2.C7H5ClO2/c15-13-8-4-7-12(9-13)14(16)17-10-11-5-2-1-3-6-11;8-6-4-2-1-3-5(6)7(9)10/h1-9H,10H2;1-4H,(H,9,10). The van der Waals surface area contributed by atoms with E-state index in [1.54, 1.807) is 42.5 Å². The maximum Gasteiger partial charge on any atom is 0.338 e. The van der Waals surface area contributed by atoms with Crippen LogP contribution in [0.4, 0.5) is 0 Å². The predicted molar refractivity (Wildman–Crippen MR) is 105 cm³/mol.